The van der Waals surface area contributed by atoms with Crippen LogP contribution in [0.25, 0.3) is 0 Å². The third-order valence-corrected chi connectivity index (χ3v) is 3.57. The van der Waals surface area contributed by atoms with Crippen molar-refractivity contribution in [2.45, 2.75) is 19.2 Å². The van der Waals surface area contributed by atoms with Gasteiger partial charge < -0.3 is 4.74 Å². The second kappa shape index (κ2) is 5.77. The maximum absolute atomic E-state index is 5.98. The lowest BCUT2D eigenvalue weighted by atomic mass is 10.1. The quantitative estimate of drug-likeness (QED) is 0.663. The van der Waals surface area contributed by atoms with Crippen LogP contribution in [0, 0.1) is 13.8 Å². The first-order valence-corrected chi connectivity index (χ1v) is 7.19. The van der Waals surface area contributed by atoms with E-state index in [1.807, 2.05) is 31.2 Å². The third kappa shape index (κ3) is 3.06. The van der Waals surface area contributed by atoms with Crippen LogP contribution in [-0.4, -0.2) is 0 Å². The lowest BCUT2D eigenvalue weighted by Gasteiger charge is -2.12. The van der Waals surface area contributed by atoms with E-state index in [1.54, 1.807) is 0 Å². The molecule has 0 aromatic heterocycles. The van der Waals surface area contributed by atoms with Crippen molar-refractivity contribution in [2.75, 3.05) is 0 Å². The molecular weight excluding hydrogens is 312 g/mol. The summed E-state index contributed by atoms with van der Waals surface area (Å²) in [4.78, 5) is 0. The Bertz CT molecular complexity index is 566. The monoisotopic (exact) mass is 324 g/mol. The Morgan fingerprint density at radius 3 is 2.56 bits per heavy atom. The van der Waals surface area contributed by atoms with Crippen molar-refractivity contribution < 1.29 is 4.74 Å². The average Bonchev–Trinajstić information content (AvgIpc) is 2.36. The molecule has 0 heterocycles. The van der Waals surface area contributed by atoms with Gasteiger partial charge >= 0.3 is 0 Å². The molecule has 3 heteroatoms. The molecule has 2 rings (SSSR count). The van der Waals surface area contributed by atoms with E-state index in [-0.39, 0.29) is 0 Å². The van der Waals surface area contributed by atoms with Gasteiger partial charge in [0.05, 0.1) is 0 Å². The van der Waals surface area contributed by atoms with Gasteiger partial charge in [-0.2, -0.15) is 0 Å². The molecule has 0 aliphatic rings. The highest BCUT2D eigenvalue weighted by Gasteiger charge is 2.07. The summed E-state index contributed by atoms with van der Waals surface area (Å²) in [5.74, 6) is 1.73. The molecule has 0 atom stereocenters. The fourth-order valence-electron chi connectivity index (χ4n) is 1.69. The van der Waals surface area contributed by atoms with Gasteiger partial charge in [0.2, 0.25) is 0 Å². The first-order chi connectivity index (χ1) is 8.60. The molecule has 0 fully saturated rings. The predicted molar refractivity (Wildman–Crippen MR) is 80.1 cm³/mol. The Morgan fingerprint density at radius 2 is 1.83 bits per heavy atom. The zero-order valence-electron chi connectivity index (χ0n) is 10.3. The van der Waals surface area contributed by atoms with E-state index in [9.17, 15) is 0 Å². The molecule has 0 saturated heterocycles. The van der Waals surface area contributed by atoms with E-state index >= 15 is 0 Å². The van der Waals surface area contributed by atoms with Crippen LogP contribution < -0.4 is 4.74 Å². The molecule has 0 saturated carbocycles. The van der Waals surface area contributed by atoms with Gasteiger partial charge in [0.15, 0.2) is 0 Å². The number of hydrogen-bond acceptors (Lipinski definition) is 1. The van der Waals surface area contributed by atoms with E-state index in [1.165, 1.54) is 5.56 Å². The zero-order chi connectivity index (χ0) is 13.1. The average molecular weight is 326 g/mol. The summed E-state index contributed by atoms with van der Waals surface area (Å²) in [6.07, 6.45) is 0. The van der Waals surface area contributed by atoms with Crippen molar-refractivity contribution in [2.24, 2.45) is 0 Å². The minimum atomic E-state index is 0.716. The largest absolute Gasteiger partial charge is 0.457 e. The summed E-state index contributed by atoms with van der Waals surface area (Å²) in [6, 6.07) is 11.8. The van der Waals surface area contributed by atoms with Crippen LogP contribution in [0.15, 0.2) is 36.4 Å². The van der Waals surface area contributed by atoms with Gasteiger partial charge in [-0.3, -0.25) is 0 Å². The number of halogens is 2. The Morgan fingerprint density at radius 1 is 1.06 bits per heavy atom. The van der Waals surface area contributed by atoms with E-state index in [4.69, 9.17) is 16.3 Å². The first-order valence-electron chi connectivity index (χ1n) is 5.69. The van der Waals surface area contributed by atoms with Gasteiger partial charge in [-0.15, -0.1) is 0 Å². The molecule has 2 aromatic carbocycles. The summed E-state index contributed by atoms with van der Waals surface area (Å²) < 4.78 is 5.98. The predicted octanol–water partition coefficient (Wildman–Crippen LogP) is 5.64. The topological polar surface area (TPSA) is 9.23 Å². The molecule has 1 nitrogen and oxygen atoms in total. The molecule has 18 heavy (non-hydrogen) atoms. The molecule has 0 unspecified atom stereocenters. The Hall–Kier alpha value is -0.990. The summed E-state index contributed by atoms with van der Waals surface area (Å²) >= 11 is 9.43. The zero-order valence-corrected chi connectivity index (χ0v) is 12.7. The van der Waals surface area contributed by atoms with Crippen LogP contribution >= 0.6 is 27.5 Å². The number of alkyl halides is 1. The molecule has 0 bridgehead atoms. The van der Waals surface area contributed by atoms with Gasteiger partial charge in [0.25, 0.3) is 0 Å². The third-order valence-electron chi connectivity index (χ3n) is 2.73. The fraction of sp³-hybridized carbons (Fsp3) is 0.200. The summed E-state index contributed by atoms with van der Waals surface area (Å²) in [5.41, 5.74) is 3.35. The molecule has 0 spiro atoms. The van der Waals surface area contributed by atoms with E-state index in [0.717, 1.165) is 27.6 Å². The fourth-order valence-corrected chi connectivity index (χ4v) is 2.32. The smallest absolute Gasteiger partial charge is 0.131 e. The highest BCUT2D eigenvalue weighted by molar-refractivity contribution is 9.08. The van der Waals surface area contributed by atoms with Crippen molar-refractivity contribution in [3.05, 3.63) is 58.1 Å². The van der Waals surface area contributed by atoms with Gasteiger partial charge in [0.1, 0.15) is 11.5 Å². The molecule has 0 amide bonds. The number of benzene rings is 2. The second-order valence-corrected chi connectivity index (χ2v) is 5.25. The normalized spacial score (nSPS) is 10.4. The van der Waals surface area contributed by atoms with E-state index in [0.29, 0.717) is 5.33 Å². The van der Waals surface area contributed by atoms with Gasteiger partial charge in [0, 0.05) is 15.9 Å². The minimum Gasteiger partial charge on any atom is -0.457 e. The Kier molecular flexibility index (Phi) is 4.31. The van der Waals surface area contributed by atoms with Crippen molar-refractivity contribution in [1.82, 2.24) is 0 Å². The van der Waals surface area contributed by atoms with E-state index < -0.39 is 0 Å². The number of ether oxygens (including phenoxy) is 1. The summed E-state index contributed by atoms with van der Waals surface area (Å²) in [7, 11) is 0. The number of rotatable bonds is 3. The Labute approximate surface area is 121 Å². The van der Waals surface area contributed by atoms with Gasteiger partial charge in [-0.1, -0.05) is 39.7 Å². The van der Waals surface area contributed by atoms with Crippen LogP contribution in [0.1, 0.15) is 16.7 Å². The van der Waals surface area contributed by atoms with Crippen LogP contribution in [0.4, 0.5) is 0 Å². The van der Waals surface area contributed by atoms with E-state index in [2.05, 4.69) is 35.0 Å². The van der Waals surface area contributed by atoms with Crippen LogP contribution in [-0.2, 0) is 5.33 Å². The molecule has 2 aromatic rings. The van der Waals surface area contributed by atoms with Crippen LogP contribution in [0.2, 0.25) is 5.02 Å². The molecule has 94 valence electrons. The van der Waals surface area contributed by atoms with Crippen molar-refractivity contribution in [3.8, 4) is 11.5 Å². The van der Waals surface area contributed by atoms with Gasteiger partial charge in [-0.05, 0) is 49.2 Å². The van der Waals surface area contributed by atoms with Crippen molar-refractivity contribution >= 4 is 27.5 Å². The maximum Gasteiger partial charge on any atom is 0.131 e. The molecule has 0 aliphatic carbocycles. The highest BCUT2D eigenvalue weighted by atomic mass is 79.9. The van der Waals surface area contributed by atoms with Crippen molar-refractivity contribution in [1.29, 1.82) is 0 Å². The lowest BCUT2D eigenvalue weighted by molar-refractivity contribution is 0.474. The first kappa shape index (κ1) is 13.4. The van der Waals surface area contributed by atoms with Gasteiger partial charge in [-0.25, -0.2) is 0 Å². The molecular formula is C15H14BrClO. The molecule has 0 aliphatic heterocycles. The number of aryl methyl sites for hydroxylation is 2. The Balaban J connectivity index is 2.36. The van der Waals surface area contributed by atoms with Crippen molar-refractivity contribution in [3.63, 3.8) is 0 Å². The standard InChI is InChI=1S/C15H14BrClO/c1-10-3-4-11(2)15(7-10)18-14-6-5-13(17)8-12(14)9-16/h3-8H,9H2,1-2H3. The van der Waals surface area contributed by atoms with Crippen LogP contribution in [0.3, 0.4) is 0 Å². The molecule has 0 N–H and O–H groups in total. The summed E-state index contributed by atoms with van der Waals surface area (Å²) in [6.45, 7) is 4.10. The maximum atomic E-state index is 5.98. The second-order valence-electron chi connectivity index (χ2n) is 4.26. The minimum absolute atomic E-state index is 0.716. The molecule has 0 radical (unpaired) electrons. The number of hydrogen-bond donors (Lipinski definition) is 0. The summed E-state index contributed by atoms with van der Waals surface area (Å²) in [5, 5.41) is 1.44. The highest BCUT2D eigenvalue weighted by Crippen LogP contribution is 2.31. The lowest BCUT2D eigenvalue weighted by Crippen LogP contribution is -1.92. The SMILES string of the molecule is Cc1ccc(C)c(Oc2ccc(Cl)cc2CBr)c1. The van der Waals surface area contributed by atoms with Crippen LogP contribution in [0.5, 0.6) is 11.5 Å².